The number of para-hydroxylation sites is 1. The number of urea groups is 1. The number of anilines is 2. The first kappa shape index (κ1) is 21.6. The van der Waals surface area contributed by atoms with E-state index in [4.69, 9.17) is 9.47 Å². The van der Waals surface area contributed by atoms with Gasteiger partial charge < -0.3 is 9.47 Å². The van der Waals surface area contributed by atoms with Gasteiger partial charge in [0, 0.05) is 23.6 Å². The zero-order chi connectivity index (χ0) is 22.3. The molecule has 0 fully saturated rings. The van der Waals surface area contributed by atoms with Crippen LogP contribution in [-0.4, -0.2) is 41.0 Å². The Labute approximate surface area is 176 Å². The van der Waals surface area contributed by atoms with E-state index in [2.05, 4.69) is 0 Å². The number of carbonyl (C=O) groups excluding carboxylic acids is 2. The van der Waals surface area contributed by atoms with Gasteiger partial charge in [0.1, 0.15) is 16.4 Å². The lowest BCUT2D eigenvalue weighted by atomic mass is 9.90. The Hall–Kier alpha value is -3.07. The zero-order valence-electron chi connectivity index (χ0n) is 17.5. The summed E-state index contributed by atoms with van der Waals surface area (Å²) < 4.78 is 37.8. The first-order valence-electron chi connectivity index (χ1n) is 9.23. The quantitative estimate of drug-likeness (QED) is 0.718. The number of methoxy groups -OCH3 is 2. The molecule has 0 aliphatic carbocycles. The summed E-state index contributed by atoms with van der Waals surface area (Å²) >= 11 is 0. The molecule has 2 amide bonds. The van der Waals surface area contributed by atoms with Gasteiger partial charge in [0.05, 0.1) is 32.1 Å². The molecule has 8 nitrogen and oxygen atoms in total. The van der Waals surface area contributed by atoms with Crippen LogP contribution in [0.15, 0.2) is 47.4 Å². The molecular weight excluding hydrogens is 408 g/mol. The van der Waals surface area contributed by atoms with E-state index in [1.165, 1.54) is 43.4 Å². The Bertz CT molecular complexity index is 1080. The highest BCUT2D eigenvalue weighted by molar-refractivity contribution is 7.94. The summed E-state index contributed by atoms with van der Waals surface area (Å²) in [5, 5.41) is 0. The van der Waals surface area contributed by atoms with Crippen molar-refractivity contribution in [2.24, 2.45) is 5.41 Å². The number of hydrogen-bond donors (Lipinski definition) is 0. The maximum Gasteiger partial charge on any atom is 0.343 e. The van der Waals surface area contributed by atoms with Crippen molar-refractivity contribution in [3.8, 4) is 11.5 Å². The monoisotopic (exact) mass is 432 g/mol. The third kappa shape index (κ3) is 3.72. The zero-order valence-corrected chi connectivity index (χ0v) is 18.3. The second-order valence-corrected chi connectivity index (χ2v) is 9.61. The number of sulfonamides is 1. The van der Waals surface area contributed by atoms with E-state index in [-0.39, 0.29) is 28.6 Å². The minimum Gasteiger partial charge on any atom is -0.497 e. The molecule has 3 rings (SSSR count). The Morgan fingerprint density at radius 2 is 1.57 bits per heavy atom. The number of Topliss-reactive ketones (excluding diaryl/α,β-unsaturated/α-hetero) is 1. The van der Waals surface area contributed by atoms with Crippen LogP contribution in [-0.2, 0) is 14.8 Å². The van der Waals surface area contributed by atoms with Gasteiger partial charge in [-0.2, -0.15) is 4.31 Å². The van der Waals surface area contributed by atoms with Crippen molar-refractivity contribution in [2.75, 3.05) is 30.0 Å². The number of nitrogens with zero attached hydrogens (tertiary/aromatic N) is 2. The standard InChI is InChI=1S/C21H24N2O6S/c1-21(2,3)19(24)13-22-17-8-6-7-9-18(17)30(26,27)23(20(22)25)14-10-15(28-4)12-16(11-14)29-5/h6-12H,13H2,1-5H3. The van der Waals surface area contributed by atoms with Crippen molar-refractivity contribution in [2.45, 2.75) is 25.7 Å². The van der Waals surface area contributed by atoms with Gasteiger partial charge in [-0.25, -0.2) is 13.2 Å². The second-order valence-electron chi connectivity index (χ2n) is 7.85. The van der Waals surface area contributed by atoms with Crippen LogP contribution in [0.1, 0.15) is 20.8 Å². The van der Waals surface area contributed by atoms with Gasteiger partial charge in [-0.1, -0.05) is 32.9 Å². The van der Waals surface area contributed by atoms with Gasteiger partial charge >= 0.3 is 6.03 Å². The Morgan fingerprint density at radius 1 is 1.00 bits per heavy atom. The Kier molecular flexibility index (Phi) is 5.51. The minimum absolute atomic E-state index is 0.0545. The number of fused-ring (bicyclic) bond motifs is 1. The second kappa shape index (κ2) is 7.64. The van der Waals surface area contributed by atoms with Crippen molar-refractivity contribution in [3.63, 3.8) is 0 Å². The predicted molar refractivity (Wildman–Crippen MR) is 113 cm³/mol. The van der Waals surface area contributed by atoms with Gasteiger partial charge in [0.2, 0.25) is 0 Å². The molecule has 0 radical (unpaired) electrons. The van der Waals surface area contributed by atoms with E-state index in [9.17, 15) is 18.0 Å². The largest absolute Gasteiger partial charge is 0.497 e. The third-order valence-electron chi connectivity index (χ3n) is 4.79. The topological polar surface area (TPSA) is 93.2 Å². The normalized spacial score (nSPS) is 15.6. The van der Waals surface area contributed by atoms with Gasteiger partial charge in [-0.05, 0) is 12.1 Å². The van der Waals surface area contributed by atoms with Crippen molar-refractivity contribution >= 4 is 33.2 Å². The molecule has 0 aromatic heterocycles. The maximum absolute atomic E-state index is 13.4. The van der Waals surface area contributed by atoms with E-state index in [1.54, 1.807) is 39.0 Å². The van der Waals surface area contributed by atoms with Crippen LogP contribution in [0.3, 0.4) is 0 Å². The fourth-order valence-corrected chi connectivity index (χ4v) is 4.58. The summed E-state index contributed by atoms with van der Waals surface area (Å²) in [6, 6.07) is 9.70. The Morgan fingerprint density at radius 3 is 2.10 bits per heavy atom. The molecule has 0 unspecified atom stereocenters. The summed E-state index contributed by atoms with van der Waals surface area (Å²) in [5.74, 6) is 0.445. The van der Waals surface area contributed by atoms with Gasteiger partial charge in [0.25, 0.3) is 10.0 Å². The molecule has 2 aromatic carbocycles. The molecule has 0 saturated heterocycles. The van der Waals surface area contributed by atoms with Crippen LogP contribution in [0.2, 0.25) is 0 Å². The van der Waals surface area contributed by atoms with Crippen LogP contribution in [0, 0.1) is 5.41 Å². The first-order valence-corrected chi connectivity index (χ1v) is 10.7. The molecule has 0 bridgehead atoms. The molecule has 160 valence electrons. The lowest BCUT2D eigenvalue weighted by Crippen LogP contribution is -2.53. The number of ether oxygens (including phenoxy) is 2. The van der Waals surface area contributed by atoms with Crippen molar-refractivity contribution in [1.82, 2.24) is 0 Å². The average molecular weight is 432 g/mol. The van der Waals surface area contributed by atoms with Crippen molar-refractivity contribution in [1.29, 1.82) is 0 Å². The minimum atomic E-state index is -4.22. The number of ketones is 1. The van der Waals surface area contributed by atoms with Crippen LogP contribution >= 0.6 is 0 Å². The highest BCUT2D eigenvalue weighted by Gasteiger charge is 2.44. The number of amides is 2. The van der Waals surface area contributed by atoms with Crippen LogP contribution in [0.25, 0.3) is 0 Å². The average Bonchev–Trinajstić information content (AvgIpc) is 2.69. The van der Waals surface area contributed by atoms with Gasteiger partial charge in [-0.15, -0.1) is 0 Å². The predicted octanol–water partition coefficient (Wildman–Crippen LogP) is 3.45. The lowest BCUT2D eigenvalue weighted by Gasteiger charge is -2.36. The third-order valence-corrected chi connectivity index (χ3v) is 6.54. The summed E-state index contributed by atoms with van der Waals surface area (Å²) in [6.07, 6.45) is 0. The van der Waals surface area contributed by atoms with Crippen LogP contribution < -0.4 is 18.7 Å². The molecule has 1 aliphatic rings. The molecule has 2 aromatic rings. The van der Waals surface area contributed by atoms with E-state index >= 15 is 0 Å². The highest BCUT2D eigenvalue weighted by atomic mass is 32.2. The summed E-state index contributed by atoms with van der Waals surface area (Å²) in [4.78, 5) is 27.2. The van der Waals surface area contributed by atoms with Gasteiger partial charge in [0.15, 0.2) is 5.78 Å². The summed E-state index contributed by atoms with van der Waals surface area (Å²) in [5.41, 5.74) is -0.472. The molecule has 0 spiro atoms. The molecule has 30 heavy (non-hydrogen) atoms. The first-order chi connectivity index (χ1) is 14.0. The SMILES string of the molecule is COc1cc(OC)cc(N2C(=O)N(CC(=O)C(C)(C)C)c3ccccc3S2(=O)=O)c1. The maximum atomic E-state index is 13.4. The van der Waals surface area contributed by atoms with E-state index in [0.29, 0.717) is 15.8 Å². The summed E-state index contributed by atoms with van der Waals surface area (Å²) in [6.45, 7) is 4.98. The van der Waals surface area contributed by atoms with Crippen LogP contribution in [0.5, 0.6) is 11.5 Å². The number of rotatable bonds is 5. The smallest absolute Gasteiger partial charge is 0.343 e. The van der Waals surface area contributed by atoms with Crippen LogP contribution in [0.4, 0.5) is 16.2 Å². The molecule has 0 atom stereocenters. The van der Waals surface area contributed by atoms with Gasteiger partial charge in [-0.3, -0.25) is 9.69 Å². The fourth-order valence-electron chi connectivity index (χ4n) is 3.00. The molecule has 1 aliphatic heterocycles. The molecule has 0 saturated carbocycles. The molecule has 0 N–H and O–H groups in total. The lowest BCUT2D eigenvalue weighted by molar-refractivity contribution is -0.124. The fraction of sp³-hybridized carbons (Fsp3) is 0.333. The number of benzene rings is 2. The van der Waals surface area contributed by atoms with E-state index < -0.39 is 21.5 Å². The van der Waals surface area contributed by atoms with E-state index in [0.717, 1.165) is 0 Å². The number of hydrogen-bond acceptors (Lipinski definition) is 6. The number of carbonyl (C=O) groups is 2. The molecular formula is C21H24N2O6S. The van der Waals surface area contributed by atoms with Crippen molar-refractivity contribution < 1.29 is 27.5 Å². The highest BCUT2D eigenvalue weighted by Crippen LogP contribution is 2.39. The van der Waals surface area contributed by atoms with E-state index in [1.807, 2.05) is 0 Å². The molecule has 1 heterocycles. The van der Waals surface area contributed by atoms with Crippen molar-refractivity contribution in [3.05, 3.63) is 42.5 Å². The Balaban J connectivity index is 2.21. The summed E-state index contributed by atoms with van der Waals surface area (Å²) in [7, 11) is -1.37. The molecule has 9 heteroatoms.